The number of rotatable bonds is 3. The molecule has 2 rings (SSSR count). The molecule has 1 fully saturated rings. The van der Waals surface area contributed by atoms with E-state index in [-0.39, 0.29) is 11.9 Å². The lowest BCUT2D eigenvalue weighted by Crippen LogP contribution is -2.37. The maximum Gasteiger partial charge on any atom is 0.124 e. The van der Waals surface area contributed by atoms with Crippen LogP contribution in [0, 0.1) is 11.2 Å². The standard InChI is InChI=1S/C16H23BrFN/c1-11(14-5-4-12(18)10-15(14)17)19-13-6-8-16(2,3)9-7-13/h4-5,10-11,13,19H,6-9H2,1-3H3. The van der Waals surface area contributed by atoms with Crippen LogP contribution in [0.3, 0.4) is 0 Å². The molecular formula is C16H23BrFN. The predicted molar refractivity (Wildman–Crippen MR) is 81.7 cm³/mol. The van der Waals surface area contributed by atoms with Crippen LogP contribution < -0.4 is 5.32 Å². The van der Waals surface area contributed by atoms with Crippen molar-refractivity contribution in [3.63, 3.8) is 0 Å². The van der Waals surface area contributed by atoms with Crippen LogP contribution >= 0.6 is 15.9 Å². The summed E-state index contributed by atoms with van der Waals surface area (Å²) in [7, 11) is 0. The molecule has 3 heteroatoms. The quantitative estimate of drug-likeness (QED) is 0.803. The highest BCUT2D eigenvalue weighted by Crippen LogP contribution is 2.36. The molecule has 1 aliphatic carbocycles. The average Bonchev–Trinajstić information content (AvgIpc) is 2.31. The first kappa shape index (κ1) is 15.0. The van der Waals surface area contributed by atoms with Crippen LogP contribution in [0.4, 0.5) is 4.39 Å². The molecule has 0 aromatic heterocycles. The van der Waals surface area contributed by atoms with Crippen molar-refractivity contribution >= 4 is 15.9 Å². The number of nitrogens with one attached hydrogen (secondary N) is 1. The van der Waals surface area contributed by atoms with Crippen LogP contribution in [0.5, 0.6) is 0 Å². The van der Waals surface area contributed by atoms with Gasteiger partial charge in [0.25, 0.3) is 0 Å². The molecule has 0 aliphatic heterocycles. The zero-order valence-corrected chi connectivity index (χ0v) is 13.6. The maximum absolute atomic E-state index is 13.1. The van der Waals surface area contributed by atoms with Crippen LogP contribution in [0.25, 0.3) is 0 Å². The fourth-order valence-electron chi connectivity index (χ4n) is 2.86. The van der Waals surface area contributed by atoms with Crippen molar-refractivity contribution in [1.82, 2.24) is 5.32 Å². The molecule has 1 unspecified atom stereocenters. The fraction of sp³-hybridized carbons (Fsp3) is 0.625. The summed E-state index contributed by atoms with van der Waals surface area (Å²) in [6.07, 6.45) is 5.02. The number of benzene rings is 1. The van der Waals surface area contributed by atoms with E-state index in [0.29, 0.717) is 11.5 Å². The Morgan fingerprint density at radius 2 is 1.95 bits per heavy atom. The third-order valence-electron chi connectivity index (χ3n) is 4.25. The topological polar surface area (TPSA) is 12.0 Å². The van der Waals surface area contributed by atoms with Gasteiger partial charge in [0, 0.05) is 16.6 Å². The summed E-state index contributed by atoms with van der Waals surface area (Å²) in [5, 5.41) is 3.68. The zero-order chi connectivity index (χ0) is 14.0. The summed E-state index contributed by atoms with van der Waals surface area (Å²) >= 11 is 3.45. The first-order valence-electron chi connectivity index (χ1n) is 7.08. The molecule has 0 heterocycles. The monoisotopic (exact) mass is 327 g/mol. The van der Waals surface area contributed by atoms with E-state index in [4.69, 9.17) is 0 Å². The average molecular weight is 328 g/mol. The van der Waals surface area contributed by atoms with E-state index in [2.05, 4.69) is 42.0 Å². The molecule has 1 aromatic rings. The Morgan fingerprint density at radius 1 is 1.32 bits per heavy atom. The van der Waals surface area contributed by atoms with Gasteiger partial charge in [0.15, 0.2) is 0 Å². The largest absolute Gasteiger partial charge is 0.307 e. The molecule has 1 aromatic carbocycles. The summed E-state index contributed by atoms with van der Waals surface area (Å²) in [6, 6.07) is 5.77. The molecule has 19 heavy (non-hydrogen) atoms. The van der Waals surface area contributed by atoms with Gasteiger partial charge < -0.3 is 5.32 Å². The van der Waals surface area contributed by atoms with Crippen molar-refractivity contribution in [2.75, 3.05) is 0 Å². The zero-order valence-electron chi connectivity index (χ0n) is 12.0. The molecule has 0 bridgehead atoms. The van der Waals surface area contributed by atoms with Gasteiger partial charge in [0.05, 0.1) is 0 Å². The van der Waals surface area contributed by atoms with E-state index in [0.717, 1.165) is 10.0 Å². The third kappa shape index (κ3) is 4.03. The minimum absolute atomic E-state index is 0.192. The Hall–Kier alpha value is -0.410. The van der Waals surface area contributed by atoms with E-state index in [1.165, 1.54) is 37.8 Å². The van der Waals surface area contributed by atoms with Gasteiger partial charge in [-0.05, 0) is 55.7 Å². The summed E-state index contributed by atoms with van der Waals surface area (Å²) in [5.74, 6) is -0.192. The highest BCUT2D eigenvalue weighted by atomic mass is 79.9. The minimum atomic E-state index is -0.192. The van der Waals surface area contributed by atoms with Crippen LogP contribution in [0.1, 0.15) is 58.1 Å². The Labute approximate surface area is 124 Å². The van der Waals surface area contributed by atoms with Gasteiger partial charge in [-0.2, -0.15) is 0 Å². The molecule has 0 amide bonds. The molecule has 0 saturated heterocycles. The van der Waals surface area contributed by atoms with E-state index in [1.807, 2.05) is 6.07 Å². The van der Waals surface area contributed by atoms with E-state index < -0.39 is 0 Å². The second-order valence-electron chi connectivity index (χ2n) is 6.49. The van der Waals surface area contributed by atoms with Crippen molar-refractivity contribution in [1.29, 1.82) is 0 Å². The third-order valence-corrected chi connectivity index (χ3v) is 4.94. The van der Waals surface area contributed by atoms with Gasteiger partial charge in [0.1, 0.15) is 5.82 Å². The highest BCUT2D eigenvalue weighted by Gasteiger charge is 2.27. The van der Waals surface area contributed by atoms with Gasteiger partial charge in [0.2, 0.25) is 0 Å². The molecule has 1 nitrogen and oxygen atoms in total. The van der Waals surface area contributed by atoms with Crippen LogP contribution in [-0.4, -0.2) is 6.04 Å². The van der Waals surface area contributed by atoms with E-state index in [1.54, 1.807) is 0 Å². The number of hydrogen-bond acceptors (Lipinski definition) is 1. The molecule has 1 atom stereocenters. The summed E-state index contributed by atoms with van der Waals surface area (Å²) in [4.78, 5) is 0. The molecule has 1 saturated carbocycles. The normalized spacial score (nSPS) is 21.3. The molecule has 0 spiro atoms. The lowest BCUT2D eigenvalue weighted by Gasteiger charge is -2.36. The number of hydrogen-bond donors (Lipinski definition) is 1. The number of halogens is 2. The lowest BCUT2D eigenvalue weighted by molar-refractivity contribution is 0.200. The van der Waals surface area contributed by atoms with Crippen molar-refractivity contribution in [2.45, 2.75) is 58.5 Å². The molecule has 0 radical (unpaired) electrons. The Kier molecular flexibility index (Phi) is 4.67. The van der Waals surface area contributed by atoms with Crippen molar-refractivity contribution < 1.29 is 4.39 Å². The van der Waals surface area contributed by atoms with Gasteiger partial charge >= 0.3 is 0 Å². The first-order valence-corrected chi connectivity index (χ1v) is 7.88. The first-order chi connectivity index (χ1) is 8.87. The van der Waals surface area contributed by atoms with Gasteiger partial charge in [-0.3, -0.25) is 0 Å². The second-order valence-corrected chi connectivity index (χ2v) is 7.35. The minimum Gasteiger partial charge on any atom is -0.307 e. The van der Waals surface area contributed by atoms with E-state index >= 15 is 0 Å². The predicted octanol–water partition coefficient (Wildman–Crippen LogP) is 5.21. The van der Waals surface area contributed by atoms with Gasteiger partial charge in [-0.25, -0.2) is 4.39 Å². The van der Waals surface area contributed by atoms with Crippen molar-refractivity contribution in [3.8, 4) is 0 Å². The molecule has 1 N–H and O–H groups in total. The van der Waals surface area contributed by atoms with Crippen molar-refractivity contribution in [2.24, 2.45) is 5.41 Å². The Morgan fingerprint density at radius 3 is 2.53 bits per heavy atom. The second kappa shape index (κ2) is 5.92. The molecule has 1 aliphatic rings. The smallest absolute Gasteiger partial charge is 0.124 e. The SMILES string of the molecule is CC(NC1CCC(C)(C)CC1)c1ccc(F)cc1Br. The highest BCUT2D eigenvalue weighted by molar-refractivity contribution is 9.10. The lowest BCUT2D eigenvalue weighted by atomic mass is 9.75. The Balaban J connectivity index is 1.96. The van der Waals surface area contributed by atoms with Crippen LogP contribution in [-0.2, 0) is 0 Å². The summed E-state index contributed by atoms with van der Waals surface area (Å²) < 4.78 is 14.0. The maximum atomic E-state index is 13.1. The molecule has 106 valence electrons. The summed E-state index contributed by atoms with van der Waals surface area (Å²) in [5.41, 5.74) is 1.63. The molecular weight excluding hydrogens is 305 g/mol. The van der Waals surface area contributed by atoms with Gasteiger partial charge in [-0.15, -0.1) is 0 Å². The van der Waals surface area contributed by atoms with Gasteiger partial charge in [-0.1, -0.05) is 35.8 Å². The van der Waals surface area contributed by atoms with E-state index in [9.17, 15) is 4.39 Å². The van der Waals surface area contributed by atoms with Crippen LogP contribution in [0.2, 0.25) is 0 Å². The van der Waals surface area contributed by atoms with Crippen LogP contribution in [0.15, 0.2) is 22.7 Å². The van der Waals surface area contributed by atoms with Crippen molar-refractivity contribution in [3.05, 3.63) is 34.1 Å². The fourth-order valence-corrected chi connectivity index (χ4v) is 3.56. The Bertz CT molecular complexity index is 434. The summed E-state index contributed by atoms with van der Waals surface area (Å²) in [6.45, 7) is 6.85.